The maximum atomic E-state index is 2.08. The minimum Gasteiger partial charge on any atom is -0.748 e. The van der Waals surface area contributed by atoms with Crippen LogP contribution in [0.4, 0.5) is 0 Å². The monoisotopic (exact) mass is 206 g/mol. The molecular formula is C12H14Ti-6. The molecule has 0 aliphatic heterocycles. The van der Waals surface area contributed by atoms with Crippen LogP contribution >= 0.6 is 0 Å². The SMILES string of the molecule is C[c-]1[cH-][cH-][cH-][cH-]1.C[c-]1cccc1.[Ti]. The van der Waals surface area contributed by atoms with Crippen molar-refractivity contribution >= 4 is 0 Å². The smallest absolute Gasteiger partial charge is 0 e. The van der Waals surface area contributed by atoms with Crippen molar-refractivity contribution in [2.45, 2.75) is 13.8 Å². The molecule has 0 bridgehead atoms. The van der Waals surface area contributed by atoms with E-state index in [0.717, 1.165) is 0 Å². The summed E-state index contributed by atoms with van der Waals surface area (Å²) in [4.78, 5) is 0. The topological polar surface area (TPSA) is 0 Å². The predicted octanol–water partition coefficient (Wildman–Crippen LogP) is 3.43. The van der Waals surface area contributed by atoms with Gasteiger partial charge in [-0.25, -0.2) is 19.1 Å². The molecule has 0 nitrogen and oxygen atoms in total. The fraction of sp³-hybridized carbons (Fsp3) is 0.167. The van der Waals surface area contributed by atoms with E-state index < -0.39 is 0 Å². The Balaban J connectivity index is 0.000000206. The van der Waals surface area contributed by atoms with Gasteiger partial charge in [-0.15, -0.1) is 0 Å². The van der Waals surface area contributed by atoms with Gasteiger partial charge in [0.15, 0.2) is 0 Å². The van der Waals surface area contributed by atoms with Crippen molar-refractivity contribution in [3.63, 3.8) is 0 Å². The molecule has 0 aromatic heterocycles. The molecule has 72 valence electrons. The largest absolute Gasteiger partial charge is 0.748 e. The second kappa shape index (κ2) is 6.88. The molecule has 0 aliphatic carbocycles. The van der Waals surface area contributed by atoms with Gasteiger partial charge in [0.1, 0.15) is 0 Å². The van der Waals surface area contributed by atoms with Crippen LogP contribution in [0, 0.1) is 13.8 Å². The molecule has 0 aliphatic rings. The minimum absolute atomic E-state index is 0. The first-order chi connectivity index (χ1) is 5.79. The molecule has 2 aromatic carbocycles. The Morgan fingerprint density at radius 2 is 1.38 bits per heavy atom. The van der Waals surface area contributed by atoms with Gasteiger partial charge in [0, 0.05) is 21.7 Å². The summed E-state index contributed by atoms with van der Waals surface area (Å²) in [5.41, 5.74) is 2.69. The molecule has 0 saturated heterocycles. The predicted molar refractivity (Wildman–Crippen MR) is 53.5 cm³/mol. The van der Waals surface area contributed by atoms with E-state index in [9.17, 15) is 0 Å². The molecular weight excluding hydrogens is 192 g/mol. The van der Waals surface area contributed by atoms with Crippen LogP contribution < -0.4 is 0 Å². The van der Waals surface area contributed by atoms with Gasteiger partial charge in [-0.1, -0.05) is 6.92 Å². The summed E-state index contributed by atoms with van der Waals surface area (Å²) in [6.07, 6.45) is 0. The van der Waals surface area contributed by atoms with Crippen molar-refractivity contribution in [3.05, 3.63) is 59.7 Å². The molecule has 0 saturated carbocycles. The van der Waals surface area contributed by atoms with Crippen molar-refractivity contribution in [2.75, 3.05) is 0 Å². The Morgan fingerprint density at radius 3 is 1.54 bits per heavy atom. The quantitative estimate of drug-likeness (QED) is 0.457. The summed E-state index contributed by atoms with van der Waals surface area (Å²) in [6.45, 7) is 4.17. The second-order valence-electron chi connectivity index (χ2n) is 2.92. The van der Waals surface area contributed by atoms with Crippen LogP contribution in [-0.4, -0.2) is 0 Å². The molecule has 0 heterocycles. The number of hydrogen-bond donors (Lipinski definition) is 0. The standard InChI is InChI=1S/2C6H7.Ti/c2*1-6-4-2-3-5-6;/h2*2-5H,1H3;/q-5;-1;. The van der Waals surface area contributed by atoms with Crippen LogP contribution in [0.1, 0.15) is 11.1 Å². The Bertz CT molecular complexity index is 245. The molecule has 0 radical (unpaired) electrons. The van der Waals surface area contributed by atoms with E-state index in [1.807, 2.05) is 24.3 Å². The van der Waals surface area contributed by atoms with Crippen molar-refractivity contribution in [1.29, 1.82) is 0 Å². The van der Waals surface area contributed by atoms with E-state index in [1.54, 1.807) is 0 Å². The van der Waals surface area contributed by atoms with Crippen molar-refractivity contribution in [3.8, 4) is 0 Å². The zero-order valence-corrected chi connectivity index (χ0v) is 9.68. The molecule has 0 N–H and O–H groups in total. The van der Waals surface area contributed by atoms with E-state index in [4.69, 9.17) is 0 Å². The number of rotatable bonds is 0. The summed E-state index contributed by atoms with van der Waals surface area (Å²) < 4.78 is 0. The molecule has 2 aromatic rings. The van der Waals surface area contributed by atoms with Gasteiger partial charge in [-0.3, -0.25) is 0 Å². The molecule has 0 amide bonds. The summed E-state index contributed by atoms with van der Waals surface area (Å²) in [7, 11) is 0. The van der Waals surface area contributed by atoms with Crippen LogP contribution in [0.2, 0.25) is 0 Å². The van der Waals surface area contributed by atoms with Crippen LogP contribution in [0.3, 0.4) is 0 Å². The summed E-state index contributed by atoms with van der Waals surface area (Å²) in [5, 5.41) is 0. The summed E-state index contributed by atoms with van der Waals surface area (Å²) >= 11 is 0. The van der Waals surface area contributed by atoms with Crippen LogP contribution in [0.25, 0.3) is 0 Å². The fourth-order valence-corrected chi connectivity index (χ4v) is 0.940. The van der Waals surface area contributed by atoms with Gasteiger partial charge in [0.05, 0.1) is 0 Å². The molecule has 0 fully saturated rings. The van der Waals surface area contributed by atoms with Crippen molar-refractivity contribution in [1.82, 2.24) is 0 Å². The summed E-state index contributed by atoms with van der Waals surface area (Å²) in [5.74, 6) is 0. The van der Waals surface area contributed by atoms with E-state index in [1.165, 1.54) is 11.1 Å². The van der Waals surface area contributed by atoms with Gasteiger partial charge in [-0.05, 0) is 0 Å². The van der Waals surface area contributed by atoms with E-state index in [0.29, 0.717) is 0 Å². The third-order valence-corrected chi connectivity index (χ3v) is 1.66. The Labute approximate surface area is 95.2 Å². The maximum absolute atomic E-state index is 2.08. The van der Waals surface area contributed by atoms with Crippen molar-refractivity contribution in [2.24, 2.45) is 0 Å². The van der Waals surface area contributed by atoms with Crippen LogP contribution in [0.15, 0.2) is 48.5 Å². The van der Waals surface area contributed by atoms with Gasteiger partial charge in [-0.2, -0.15) is 17.7 Å². The third-order valence-electron chi connectivity index (χ3n) is 1.66. The average Bonchev–Trinajstić information content (AvgIpc) is 2.63. The van der Waals surface area contributed by atoms with Gasteiger partial charge >= 0.3 is 0 Å². The molecule has 0 spiro atoms. The van der Waals surface area contributed by atoms with Crippen LogP contribution in [-0.2, 0) is 21.7 Å². The van der Waals surface area contributed by atoms with Gasteiger partial charge < -0.3 is 29.8 Å². The second-order valence-corrected chi connectivity index (χ2v) is 2.92. The minimum atomic E-state index is 0. The number of aryl methyl sites for hydroxylation is 2. The normalized spacial score (nSPS) is 8.15. The Kier molecular flexibility index (Phi) is 6.57. The molecule has 2 rings (SSSR count). The van der Waals surface area contributed by atoms with Gasteiger partial charge in [0.25, 0.3) is 0 Å². The summed E-state index contributed by atoms with van der Waals surface area (Å²) in [6, 6.07) is 16.5. The first-order valence-electron chi connectivity index (χ1n) is 4.15. The maximum Gasteiger partial charge on any atom is 0 e. The third kappa shape index (κ3) is 5.62. The molecule has 0 atom stereocenters. The molecule has 1 heteroatoms. The Hall–Kier alpha value is -0.586. The van der Waals surface area contributed by atoms with E-state index >= 15 is 0 Å². The van der Waals surface area contributed by atoms with Crippen LogP contribution in [0.5, 0.6) is 0 Å². The fourth-order valence-electron chi connectivity index (χ4n) is 0.940. The zero-order chi connectivity index (χ0) is 8.81. The average molecular weight is 206 g/mol. The first kappa shape index (κ1) is 12.4. The number of hydrogen-bond acceptors (Lipinski definition) is 0. The van der Waals surface area contributed by atoms with Gasteiger partial charge in [0.2, 0.25) is 0 Å². The van der Waals surface area contributed by atoms with E-state index in [-0.39, 0.29) is 21.7 Å². The van der Waals surface area contributed by atoms with Crippen molar-refractivity contribution < 1.29 is 21.7 Å². The molecule has 0 unspecified atom stereocenters. The van der Waals surface area contributed by atoms with E-state index in [2.05, 4.69) is 38.1 Å². The first-order valence-corrected chi connectivity index (χ1v) is 4.15. The molecule has 13 heavy (non-hydrogen) atoms. The zero-order valence-electron chi connectivity index (χ0n) is 8.12. The Morgan fingerprint density at radius 1 is 0.923 bits per heavy atom.